The van der Waals surface area contributed by atoms with E-state index in [-0.39, 0.29) is 0 Å². The fourth-order valence-electron chi connectivity index (χ4n) is 4.67. The first kappa shape index (κ1) is 27.0. The molecule has 1 unspecified atom stereocenters. The molecular weight excluding hydrogens is 324 g/mol. The Morgan fingerprint density at radius 1 is 0.333 bits per heavy atom. The molecule has 0 spiro atoms. The van der Waals surface area contributed by atoms with Crippen molar-refractivity contribution in [3.8, 4) is 0 Å². The highest BCUT2D eigenvalue weighted by Gasteiger charge is 2.16. The Balaban J connectivity index is 4.40. The van der Waals surface area contributed by atoms with Crippen LogP contribution in [0.25, 0.3) is 0 Å². The van der Waals surface area contributed by atoms with Crippen LogP contribution < -0.4 is 0 Å². The number of rotatable bonds is 22. The van der Waals surface area contributed by atoms with Gasteiger partial charge in [0.25, 0.3) is 0 Å². The molecule has 0 fully saturated rings. The molecule has 0 aliphatic heterocycles. The molecule has 0 bridgehead atoms. The van der Waals surface area contributed by atoms with E-state index >= 15 is 0 Å². The Hall–Kier alpha value is 0. The quantitative estimate of drug-likeness (QED) is 0.164. The van der Waals surface area contributed by atoms with Gasteiger partial charge in [0.15, 0.2) is 0 Å². The summed E-state index contributed by atoms with van der Waals surface area (Å²) in [5, 5.41) is 0. The lowest BCUT2D eigenvalue weighted by Gasteiger charge is -2.24. The van der Waals surface area contributed by atoms with Gasteiger partial charge in [-0.2, -0.15) is 0 Å². The minimum atomic E-state index is 1.03. The van der Waals surface area contributed by atoms with Crippen molar-refractivity contribution in [2.45, 2.75) is 163 Å². The predicted octanol–water partition coefficient (Wildman–Crippen LogP) is 10.5. The third kappa shape index (κ3) is 19.1. The van der Waals surface area contributed by atoms with Crippen LogP contribution in [0.15, 0.2) is 0 Å². The normalized spacial score (nSPS) is 12.8. The lowest BCUT2D eigenvalue weighted by atomic mass is 9.82. The molecule has 0 aromatic carbocycles. The summed E-state index contributed by atoms with van der Waals surface area (Å²) in [5.74, 6) is 2.06. The Morgan fingerprint density at radius 3 is 0.963 bits per heavy atom. The van der Waals surface area contributed by atoms with Crippen molar-refractivity contribution in [1.82, 2.24) is 0 Å². The van der Waals surface area contributed by atoms with Crippen LogP contribution >= 0.6 is 0 Å². The lowest BCUT2D eigenvalue weighted by molar-refractivity contribution is 0.283. The second-order valence-corrected chi connectivity index (χ2v) is 9.37. The Labute approximate surface area is 174 Å². The molecule has 0 rings (SSSR count). The number of hydrogen-bond donors (Lipinski definition) is 0. The van der Waals surface area contributed by atoms with E-state index in [1.165, 1.54) is 128 Å². The molecule has 164 valence electrons. The van der Waals surface area contributed by atoms with Crippen molar-refractivity contribution < 1.29 is 0 Å². The molecule has 0 saturated carbocycles. The van der Waals surface area contributed by atoms with Gasteiger partial charge in [0.1, 0.15) is 0 Å². The molecule has 0 radical (unpaired) electrons. The third-order valence-corrected chi connectivity index (χ3v) is 6.53. The summed E-state index contributed by atoms with van der Waals surface area (Å²) in [6.07, 6.45) is 30.8. The van der Waals surface area contributed by atoms with Gasteiger partial charge in [-0.25, -0.2) is 0 Å². The standard InChI is InChI=1S/C27H56/c1-5-9-13-16-20-24-26(21-17-12-8-4)25-27(22-18-14-10-6-2)23-19-15-11-7-3/h26-27H,5-25H2,1-4H3. The van der Waals surface area contributed by atoms with Crippen molar-refractivity contribution in [2.75, 3.05) is 0 Å². The first-order valence-corrected chi connectivity index (χ1v) is 13.3. The molecule has 0 saturated heterocycles. The van der Waals surface area contributed by atoms with Crippen molar-refractivity contribution in [2.24, 2.45) is 11.8 Å². The molecular formula is C27H56. The number of hydrogen-bond acceptors (Lipinski definition) is 0. The van der Waals surface area contributed by atoms with Crippen LogP contribution in [-0.4, -0.2) is 0 Å². The summed E-state index contributed by atoms with van der Waals surface area (Å²) in [7, 11) is 0. The smallest absolute Gasteiger partial charge is 0.0412 e. The van der Waals surface area contributed by atoms with Crippen LogP contribution in [0.3, 0.4) is 0 Å². The first-order valence-electron chi connectivity index (χ1n) is 13.3. The fourth-order valence-corrected chi connectivity index (χ4v) is 4.67. The van der Waals surface area contributed by atoms with Crippen LogP contribution in [0.1, 0.15) is 163 Å². The molecule has 0 nitrogen and oxygen atoms in total. The Kier molecular flexibility index (Phi) is 22.3. The summed E-state index contributed by atoms with van der Waals surface area (Å²) >= 11 is 0. The highest BCUT2D eigenvalue weighted by Crippen LogP contribution is 2.30. The van der Waals surface area contributed by atoms with Gasteiger partial charge in [-0.1, -0.05) is 156 Å². The zero-order chi connectivity index (χ0) is 20.0. The van der Waals surface area contributed by atoms with E-state index in [0.29, 0.717) is 0 Å². The molecule has 1 atom stereocenters. The zero-order valence-corrected chi connectivity index (χ0v) is 20.0. The highest BCUT2D eigenvalue weighted by molar-refractivity contribution is 4.69. The van der Waals surface area contributed by atoms with E-state index in [2.05, 4.69) is 27.7 Å². The van der Waals surface area contributed by atoms with Crippen LogP contribution in [0, 0.1) is 11.8 Å². The summed E-state index contributed by atoms with van der Waals surface area (Å²) in [6, 6.07) is 0. The molecule has 0 N–H and O–H groups in total. The van der Waals surface area contributed by atoms with E-state index in [1.54, 1.807) is 6.42 Å². The molecule has 0 heterocycles. The SMILES string of the molecule is CCCCCCCC(CCCCC)CC(CCCCCC)CCCCCC. The van der Waals surface area contributed by atoms with Gasteiger partial charge in [-0.15, -0.1) is 0 Å². The van der Waals surface area contributed by atoms with Crippen molar-refractivity contribution in [3.05, 3.63) is 0 Å². The second kappa shape index (κ2) is 22.3. The molecule has 0 aromatic heterocycles. The van der Waals surface area contributed by atoms with E-state index in [0.717, 1.165) is 11.8 Å². The topological polar surface area (TPSA) is 0 Å². The van der Waals surface area contributed by atoms with E-state index in [1.807, 2.05) is 0 Å². The lowest BCUT2D eigenvalue weighted by Crippen LogP contribution is -2.10. The molecule has 0 aliphatic carbocycles. The summed E-state index contributed by atoms with van der Waals surface area (Å²) in [4.78, 5) is 0. The van der Waals surface area contributed by atoms with Crippen molar-refractivity contribution in [3.63, 3.8) is 0 Å². The van der Waals surface area contributed by atoms with Gasteiger partial charge in [-0.05, 0) is 18.3 Å². The van der Waals surface area contributed by atoms with Gasteiger partial charge < -0.3 is 0 Å². The van der Waals surface area contributed by atoms with Crippen LogP contribution in [0.5, 0.6) is 0 Å². The van der Waals surface area contributed by atoms with E-state index < -0.39 is 0 Å². The average molecular weight is 381 g/mol. The molecule has 0 heteroatoms. The maximum Gasteiger partial charge on any atom is -0.0412 e. The van der Waals surface area contributed by atoms with E-state index in [9.17, 15) is 0 Å². The maximum absolute atomic E-state index is 2.35. The molecule has 27 heavy (non-hydrogen) atoms. The summed E-state index contributed by atoms with van der Waals surface area (Å²) in [6.45, 7) is 9.36. The van der Waals surface area contributed by atoms with Crippen molar-refractivity contribution >= 4 is 0 Å². The van der Waals surface area contributed by atoms with Gasteiger partial charge in [0.2, 0.25) is 0 Å². The minimum Gasteiger partial charge on any atom is -0.0654 e. The van der Waals surface area contributed by atoms with Gasteiger partial charge in [-0.3, -0.25) is 0 Å². The maximum atomic E-state index is 2.35. The fraction of sp³-hybridized carbons (Fsp3) is 1.00. The predicted molar refractivity (Wildman–Crippen MR) is 127 cm³/mol. The van der Waals surface area contributed by atoms with Crippen LogP contribution in [0.2, 0.25) is 0 Å². The Bertz CT molecular complexity index is 245. The Morgan fingerprint density at radius 2 is 0.593 bits per heavy atom. The largest absolute Gasteiger partial charge is 0.0654 e. The first-order chi connectivity index (χ1) is 13.3. The summed E-state index contributed by atoms with van der Waals surface area (Å²) < 4.78 is 0. The molecule has 0 aromatic rings. The molecule has 0 amide bonds. The number of unbranched alkanes of at least 4 members (excludes halogenated alkanes) is 12. The third-order valence-electron chi connectivity index (χ3n) is 6.53. The second-order valence-electron chi connectivity index (χ2n) is 9.37. The average Bonchev–Trinajstić information content (AvgIpc) is 2.68. The van der Waals surface area contributed by atoms with Gasteiger partial charge >= 0.3 is 0 Å². The molecule has 0 aliphatic rings. The monoisotopic (exact) mass is 380 g/mol. The van der Waals surface area contributed by atoms with Gasteiger partial charge in [0.05, 0.1) is 0 Å². The highest BCUT2D eigenvalue weighted by atomic mass is 14.2. The summed E-state index contributed by atoms with van der Waals surface area (Å²) in [5.41, 5.74) is 0. The van der Waals surface area contributed by atoms with Crippen LogP contribution in [0.4, 0.5) is 0 Å². The zero-order valence-electron chi connectivity index (χ0n) is 20.0. The van der Waals surface area contributed by atoms with Crippen LogP contribution in [-0.2, 0) is 0 Å². The van der Waals surface area contributed by atoms with Gasteiger partial charge in [0, 0.05) is 0 Å². The minimum absolute atomic E-state index is 1.03. The van der Waals surface area contributed by atoms with E-state index in [4.69, 9.17) is 0 Å². The van der Waals surface area contributed by atoms with Crippen molar-refractivity contribution in [1.29, 1.82) is 0 Å².